The van der Waals surface area contributed by atoms with E-state index in [1.165, 1.54) is 18.4 Å². The molecular formula is C18H29NO3. The van der Waals surface area contributed by atoms with E-state index in [-0.39, 0.29) is 6.10 Å². The van der Waals surface area contributed by atoms with Crippen LogP contribution in [-0.4, -0.2) is 50.3 Å². The van der Waals surface area contributed by atoms with Gasteiger partial charge in [-0.25, -0.2) is 0 Å². The maximum absolute atomic E-state index is 12.5. The second-order valence-electron chi connectivity index (χ2n) is 7.26. The zero-order valence-corrected chi connectivity index (χ0v) is 13.8. The molecule has 0 bridgehead atoms. The van der Waals surface area contributed by atoms with Gasteiger partial charge < -0.3 is 14.4 Å². The molecule has 1 aliphatic carbocycles. The number of hydrogen-bond donors (Lipinski definition) is 0. The van der Waals surface area contributed by atoms with Gasteiger partial charge in [-0.05, 0) is 50.4 Å². The minimum atomic E-state index is 0.250. The third-order valence-electron chi connectivity index (χ3n) is 5.58. The highest BCUT2D eigenvalue weighted by Crippen LogP contribution is 2.42. The first-order valence-corrected chi connectivity index (χ1v) is 8.77. The number of nitrogens with zero attached hydrogens (tertiary/aromatic N) is 1. The van der Waals surface area contributed by atoms with Gasteiger partial charge in [-0.15, -0.1) is 0 Å². The molecule has 124 valence electrons. The molecule has 2 fully saturated rings. The van der Waals surface area contributed by atoms with Gasteiger partial charge in [0.15, 0.2) is 0 Å². The first kappa shape index (κ1) is 16.0. The van der Waals surface area contributed by atoms with Crippen molar-refractivity contribution >= 4 is 5.91 Å². The largest absolute Gasteiger partial charge is 0.382 e. The van der Waals surface area contributed by atoms with Crippen LogP contribution >= 0.6 is 0 Å². The van der Waals surface area contributed by atoms with Gasteiger partial charge in [-0.1, -0.05) is 11.6 Å². The zero-order chi connectivity index (χ0) is 15.4. The molecule has 0 aromatic heterocycles. The van der Waals surface area contributed by atoms with Crippen LogP contribution in [0, 0.1) is 5.41 Å². The van der Waals surface area contributed by atoms with Crippen molar-refractivity contribution in [3.05, 3.63) is 11.6 Å². The summed E-state index contributed by atoms with van der Waals surface area (Å²) < 4.78 is 11.1. The summed E-state index contributed by atoms with van der Waals surface area (Å²) in [6, 6.07) is 0. The summed E-state index contributed by atoms with van der Waals surface area (Å²) in [5, 5.41) is 0. The molecule has 3 aliphatic rings. The Labute approximate surface area is 133 Å². The van der Waals surface area contributed by atoms with Crippen LogP contribution in [0.25, 0.3) is 0 Å². The molecule has 2 heterocycles. The maximum atomic E-state index is 12.5. The Bertz CT molecular complexity index is 424. The topological polar surface area (TPSA) is 38.8 Å². The van der Waals surface area contributed by atoms with Gasteiger partial charge in [0.05, 0.1) is 19.3 Å². The molecular weight excluding hydrogens is 278 g/mol. The van der Waals surface area contributed by atoms with Gasteiger partial charge in [-0.2, -0.15) is 0 Å². The van der Waals surface area contributed by atoms with E-state index in [0.717, 1.165) is 51.8 Å². The van der Waals surface area contributed by atoms with E-state index in [4.69, 9.17) is 9.47 Å². The zero-order valence-electron chi connectivity index (χ0n) is 13.8. The fourth-order valence-electron chi connectivity index (χ4n) is 4.14. The normalized spacial score (nSPS) is 28.0. The summed E-state index contributed by atoms with van der Waals surface area (Å²) in [7, 11) is 1.73. The number of rotatable bonds is 4. The first-order chi connectivity index (χ1) is 10.7. The van der Waals surface area contributed by atoms with Crippen LogP contribution in [0.15, 0.2) is 11.6 Å². The minimum absolute atomic E-state index is 0.250. The van der Waals surface area contributed by atoms with Crippen molar-refractivity contribution < 1.29 is 14.3 Å². The summed E-state index contributed by atoms with van der Waals surface area (Å²) in [6.45, 7) is 3.33. The predicted molar refractivity (Wildman–Crippen MR) is 85.6 cm³/mol. The van der Waals surface area contributed by atoms with E-state index in [1.807, 2.05) is 0 Å². The molecule has 0 radical (unpaired) electrons. The highest BCUT2D eigenvalue weighted by molar-refractivity contribution is 5.78. The second kappa shape index (κ2) is 7.14. The number of carbonyl (C=O) groups is 1. The van der Waals surface area contributed by atoms with Gasteiger partial charge >= 0.3 is 0 Å². The molecule has 3 rings (SSSR count). The maximum Gasteiger partial charge on any atom is 0.226 e. The monoisotopic (exact) mass is 307 g/mol. The molecule has 0 unspecified atom stereocenters. The lowest BCUT2D eigenvalue weighted by Gasteiger charge is -2.38. The molecule has 2 aliphatic heterocycles. The van der Waals surface area contributed by atoms with E-state index in [2.05, 4.69) is 11.0 Å². The summed E-state index contributed by atoms with van der Waals surface area (Å²) in [6.07, 6.45) is 11.2. The lowest BCUT2D eigenvalue weighted by molar-refractivity contribution is -0.132. The number of ether oxygens (including phenoxy) is 2. The number of allylic oxidation sites excluding steroid dienone is 1. The molecule has 0 saturated carbocycles. The molecule has 22 heavy (non-hydrogen) atoms. The number of piperidine rings is 1. The molecule has 4 heteroatoms. The standard InChI is InChI=1S/C18H29NO3/c1-21-13-16-12-18(14-22-16)7-9-19(10-8-18)17(20)11-15-5-3-2-4-6-15/h5,16H,2-4,6-14H2,1H3/t16-/m0/s1. The van der Waals surface area contributed by atoms with Crippen molar-refractivity contribution in [1.82, 2.24) is 4.90 Å². The van der Waals surface area contributed by atoms with Crippen LogP contribution in [0.2, 0.25) is 0 Å². The van der Waals surface area contributed by atoms with E-state index in [0.29, 0.717) is 24.3 Å². The van der Waals surface area contributed by atoms with Gasteiger partial charge in [0, 0.05) is 26.6 Å². The van der Waals surface area contributed by atoms with Gasteiger partial charge in [0.25, 0.3) is 0 Å². The third kappa shape index (κ3) is 3.72. The van der Waals surface area contributed by atoms with Crippen molar-refractivity contribution in [3.8, 4) is 0 Å². The number of amides is 1. The molecule has 0 N–H and O–H groups in total. The number of hydrogen-bond acceptors (Lipinski definition) is 3. The fourth-order valence-corrected chi connectivity index (χ4v) is 4.14. The Hall–Kier alpha value is -0.870. The predicted octanol–water partition coefficient (Wildman–Crippen LogP) is 2.92. The Kier molecular flexibility index (Phi) is 5.19. The summed E-state index contributed by atoms with van der Waals surface area (Å²) in [5.41, 5.74) is 1.66. The van der Waals surface area contributed by atoms with Crippen LogP contribution in [0.4, 0.5) is 0 Å². The van der Waals surface area contributed by atoms with E-state index in [9.17, 15) is 4.79 Å². The van der Waals surface area contributed by atoms with E-state index >= 15 is 0 Å². The van der Waals surface area contributed by atoms with Crippen LogP contribution in [0.5, 0.6) is 0 Å². The Morgan fingerprint density at radius 2 is 2.23 bits per heavy atom. The Balaban J connectivity index is 1.47. The number of likely N-dealkylation sites (tertiary alicyclic amines) is 1. The van der Waals surface area contributed by atoms with Gasteiger partial charge in [-0.3, -0.25) is 4.79 Å². The molecule has 1 atom stereocenters. The van der Waals surface area contributed by atoms with E-state index in [1.54, 1.807) is 7.11 Å². The van der Waals surface area contributed by atoms with Gasteiger partial charge in [0.2, 0.25) is 5.91 Å². The summed E-state index contributed by atoms with van der Waals surface area (Å²) >= 11 is 0. The minimum Gasteiger partial charge on any atom is -0.382 e. The first-order valence-electron chi connectivity index (χ1n) is 8.77. The van der Waals surface area contributed by atoms with Gasteiger partial charge in [0.1, 0.15) is 0 Å². The summed E-state index contributed by atoms with van der Waals surface area (Å²) in [4.78, 5) is 14.5. The van der Waals surface area contributed by atoms with Crippen molar-refractivity contribution in [1.29, 1.82) is 0 Å². The van der Waals surface area contributed by atoms with E-state index < -0.39 is 0 Å². The number of carbonyl (C=O) groups excluding carboxylic acids is 1. The lowest BCUT2D eigenvalue weighted by atomic mass is 9.76. The van der Waals surface area contributed by atoms with Crippen molar-refractivity contribution in [2.75, 3.05) is 33.4 Å². The Morgan fingerprint density at radius 3 is 2.91 bits per heavy atom. The van der Waals surface area contributed by atoms with Crippen molar-refractivity contribution in [2.24, 2.45) is 5.41 Å². The molecule has 1 amide bonds. The lowest BCUT2D eigenvalue weighted by Crippen LogP contribution is -2.43. The molecule has 2 saturated heterocycles. The van der Waals surface area contributed by atoms with Crippen molar-refractivity contribution in [2.45, 2.75) is 57.5 Å². The third-order valence-corrected chi connectivity index (χ3v) is 5.58. The molecule has 0 aromatic carbocycles. The SMILES string of the molecule is COC[C@@H]1CC2(CCN(C(=O)CC3=CCCCC3)CC2)CO1. The smallest absolute Gasteiger partial charge is 0.226 e. The summed E-state index contributed by atoms with van der Waals surface area (Å²) in [5.74, 6) is 0.329. The average molecular weight is 307 g/mol. The number of methoxy groups -OCH3 is 1. The van der Waals surface area contributed by atoms with Crippen LogP contribution in [0.3, 0.4) is 0 Å². The van der Waals surface area contributed by atoms with Crippen molar-refractivity contribution in [3.63, 3.8) is 0 Å². The van der Waals surface area contributed by atoms with Crippen LogP contribution in [-0.2, 0) is 14.3 Å². The van der Waals surface area contributed by atoms with Crippen LogP contribution < -0.4 is 0 Å². The highest BCUT2D eigenvalue weighted by atomic mass is 16.5. The van der Waals surface area contributed by atoms with Crippen LogP contribution in [0.1, 0.15) is 51.4 Å². The average Bonchev–Trinajstić information content (AvgIpc) is 2.92. The Morgan fingerprint density at radius 1 is 1.41 bits per heavy atom. The quantitative estimate of drug-likeness (QED) is 0.750. The highest BCUT2D eigenvalue weighted by Gasteiger charge is 2.42. The molecule has 1 spiro atoms. The molecule has 0 aromatic rings. The second-order valence-corrected chi connectivity index (χ2v) is 7.26. The molecule has 4 nitrogen and oxygen atoms in total. The fraction of sp³-hybridized carbons (Fsp3) is 0.833.